The third-order valence-electron chi connectivity index (χ3n) is 2.78. The number of nitrogens with zero attached hydrogens (tertiary/aromatic N) is 2. The minimum atomic E-state index is -0.425. The van der Waals surface area contributed by atoms with Gasteiger partial charge in [-0.25, -0.2) is 4.79 Å². The molecule has 1 amide bonds. The van der Waals surface area contributed by atoms with Crippen molar-refractivity contribution in [2.75, 3.05) is 32.7 Å². The summed E-state index contributed by atoms with van der Waals surface area (Å²) in [7, 11) is 0. The summed E-state index contributed by atoms with van der Waals surface area (Å²) in [5, 5.41) is 0. The molecule has 2 N–H and O–H groups in total. The number of carbonyl (C=O) groups excluding carboxylic acids is 1. The van der Waals surface area contributed by atoms with E-state index in [2.05, 4.69) is 4.90 Å². The van der Waals surface area contributed by atoms with Crippen LogP contribution in [0.25, 0.3) is 0 Å². The highest BCUT2D eigenvalue weighted by molar-refractivity contribution is 5.68. The molecule has 1 aliphatic heterocycles. The van der Waals surface area contributed by atoms with Gasteiger partial charge < -0.3 is 15.4 Å². The summed E-state index contributed by atoms with van der Waals surface area (Å²) in [5.74, 6) is 0. The van der Waals surface area contributed by atoms with Crippen molar-refractivity contribution in [3.8, 4) is 0 Å². The summed E-state index contributed by atoms with van der Waals surface area (Å²) in [6.45, 7) is 11.7. The van der Waals surface area contributed by atoms with E-state index in [1.54, 1.807) is 4.90 Å². The maximum absolute atomic E-state index is 11.9. The van der Waals surface area contributed by atoms with E-state index >= 15 is 0 Å². The van der Waals surface area contributed by atoms with Crippen LogP contribution in [0.1, 0.15) is 27.7 Å². The van der Waals surface area contributed by atoms with E-state index < -0.39 is 5.60 Å². The Bertz CT molecular complexity index is 263. The fraction of sp³-hybridized carbons (Fsp3) is 0.917. The quantitative estimate of drug-likeness (QED) is 0.782. The summed E-state index contributed by atoms with van der Waals surface area (Å²) in [6, 6.07) is 0.185. The molecular weight excluding hydrogens is 218 g/mol. The number of nitrogens with two attached hydrogens (primary N) is 1. The van der Waals surface area contributed by atoms with Gasteiger partial charge in [-0.2, -0.15) is 0 Å². The zero-order valence-corrected chi connectivity index (χ0v) is 11.4. The Morgan fingerprint density at radius 1 is 1.41 bits per heavy atom. The van der Waals surface area contributed by atoms with Gasteiger partial charge in [-0.3, -0.25) is 4.90 Å². The first-order valence-corrected chi connectivity index (χ1v) is 6.25. The predicted octanol–water partition coefficient (Wildman–Crippen LogP) is 0.886. The van der Waals surface area contributed by atoms with Crippen LogP contribution in [-0.4, -0.2) is 60.3 Å². The minimum absolute atomic E-state index is 0.185. The van der Waals surface area contributed by atoms with Gasteiger partial charge in [0.25, 0.3) is 0 Å². The lowest BCUT2D eigenvalue weighted by molar-refractivity contribution is 0.00187. The average molecular weight is 243 g/mol. The summed E-state index contributed by atoms with van der Waals surface area (Å²) in [5.41, 5.74) is 5.11. The Morgan fingerprint density at radius 2 is 2.06 bits per heavy atom. The largest absolute Gasteiger partial charge is 0.444 e. The number of amides is 1. The van der Waals surface area contributed by atoms with Crippen molar-refractivity contribution in [1.29, 1.82) is 0 Å². The van der Waals surface area contributed by atoms with Crippen molar-refractivity contribution in [3.05, 3.63) is 0 Å². The Morgan fingerprint density at radius 3 is 2.53 bits per heavy atom. The van der Waals surface area contributed by atoms with Gasteiger partial charge in [0.2, 0.25) is 0 Å². The van der Waals surface area contributed by atoms with E-state index in [0.29, 0.717) is 6.54 Å². The van der Waals surface area contributed by atoms with E-state index in [1.165, 1.54) is 0 Å². The van der Waals surface area contributed by atoms with Gasteiger partial charge in [0.15, 0.2) is 0 Å². The maximum Gasteiger partial charge on any atom is 0.410 e. The fourth-order valence-corrected chi connectivity index (χ4v) is 2.01. The van der Waals surface area contributed by atoms with Gasteiger partial charge in [0, 0.05) is 38.8 Å². The van der Waals surface area contributed by atoms with E-state index in [-0.39, 0.29) is 12.1 Å². The molecule has 1 rings (SSSR count). The van der Waals surface area contributed by atoms with E-state index in [1.807, 2.05) is 27.7 Å². The summed E-state index contributed by atoms with van der Waals surface area (Å²) < 4.78 is 5.39. The molecule has 1 fully saturated rings. The van der Waals surface area contributed by atoms with Crippen molar-refractivity contribution >= 4 is 6.09 Å². The highest BCUT2D eigenvalue weighted by atomic mass is 16.6. The minimum Gasteiger partial charge on any atom is -0.444 e. The molecule has 1 heterocycles. The van der Waals surface area contributed by atoms with Gasteiger partial charge in [0.05, 0.1) is 0 Å². The monoisotopic (exact) mass is 243 g/mol. The predicted molar refractivity (Wildman–Crippen MR) is 67.9 cm³/mol. The lowest BCUT2D eigenvalue weighted by Crippen LogP contribution is -2.55. The average Bonchev–Trinajstić information content (AvgIpc) is 2.15. The first-order chi connectivity index (χ1) is 7.83. The van der Waals surface area contributed by atoms with Gasteiger partial charge >= 0.3 is 6.09 Å². The maximum atomic E-state index is 11.9. The van der Waals surface area contributed by atoms with Crippen LogP contribution in [0.5, 0.6) is 0 Å². The molecule has 1 atom stereocenters. The number of carbonyl (C=O) groups is 1. The first kappa shape index (κ1) is 14.3. The smallest absolute Gasteiger partial charge is 0.410 e. The van der Waals surface area contributed by atoms with Crippen LogP contribution in [0.4, 0.5) is 4.79 Å². The van der Waals surface area contributed by atoms with Crippen molar-refractivity contribution in [1.82, 2.24) is 9.80 Å². The molecule has 0 aromatic rings. The van der Waals surface area contributed by atoms with E-state index in [9.17, 15) is 4.79 Å². The van der Waals surface area contributed by atoms with Crippen molar-refractivity contribution in [3.63, 3.8) is 0 Å². The topological polar surface area (TPSA) is 58.8 Å². The Balaban J connectivity index is 2.49. The fourth-order valence-electron chi connectivity index (χ4n) is 2.01. The number of piperazine rings is 1. The molecule has 0 aromatic heterocycles. The van der Waals surface area contributed by atoms with Crippen LogP contribution in [0.3, 0.4) is 0 Å². The zero-order chi connectivity index (χ0) is 13.1. The van der Waals surface area contributed by atoms with Gasteiger partial charge in [0.1, 0.15) is 5.60 Å². The molecule has 5 heteroatoms. The molecule has 1 aliphatic rings. The van der Waals surface area contributed by atoms with Crippen LogP contribution in [0.15, 0.2) is 0 Å². The molecule has 0 bridgehead atoms. The number of ether oxygens (including phenoxy) is 1. The third kappa shape index (κ3) is 4.52. The molecule has 0 aliphatic carbocycles. The van der Waals surface area contributed by atoms with Crippen molar-refractivity contribution < 1.29 is 9.53 Å². The first-order valence-electron chi connectivity index (χ1n) is 6.25. The second-order valence-electron chi connectivity index (χ2n) is 5.61. The number of hydrogen-bond acceptors (Lipinski definition) is 4. The summed E-state index contributed by atoms with van der Waals surface area (Å²) in [6.07, 6.45) is -0.211. The Kier molecular flexibility index (Phi) is 4.77. The molecule has 100 valence electrons. The van der Waals surface area contributed by atoms with E-state index in [4.69, 9.17) is 10.5 Å². The van der Waals surface area contributed by atoms with Crippen LogP contribution >= 0.6 is 0 Å². The third-order valence-corrected chi connectivity index (χ3v) is 2.78. The molecule has 0 aromatic carbocycles. The standard InChI is InChI=1S/C12H25N3O2/c1-10-9-14(6-5-13)7-8-15(10)11(16)17-12(2,3)4/h10H,5-9,13H2,1-4H3. The van der Waals surface area contributed by atoms with Crippen LogP contribution < -0.4 is 5.73 Å². The van der Waals surface area contributed by atoms with Gasteiger partial charge in [-0.05, 0) is 27.7 Å². The van der Waals surface area contributed by atoms with Crippen LogP contribution in [0, 0.1) is 0 Å². The summed E-state index contributed by atoms with van der Waals surface area (Å²) >= 11 is 0. The highest BCUT2D eigenvalue weighted by Gasteiger charge is 2.30. The zero-order valence-electron chi connectivity index (χ0n) is 11.4. The lowest BCUT2D eigenvalue weighted by Gasteiger charge is -2.40. The van der Waals surface area contributed by atoms with Crippen molar-refractivity contribution in [2.24, 2.45) is 5.73 Å². The molecule has 0 spiro atoms. The molecular formula is C12H25N3O2. The van der Waals surface area contributed by atoms with E-state index in [0.717, 1.165) is 26.2 Å². The van der Waals surface area contributed by atoms with Crippen LogP contribution in [-0.2, 0) is 4.74 Å². The molecule has 5 nitrogen and oxygen atoms in total. The molecule has 0 saturated carbocycles. The summed E-state index contributed by atoms with van der Waals surface area (Å²) in [4.78, 5) is 16.0. The number of hydrogen-bond donors (Lipinski definition) is 1. The van der Waals surface area contributed by atoms with Gasteiger partial charge in [-0.1, -0.05) is 0 Å². The highest BCUT2D eigenvalue weighted by Crippen LogP contribution is 2.15. The normalized spacial score (nSPS) is 22.6. The van der Waals surface area contributed by atoms with Gasteiger partial charge in [-0.15, -0.1) is 0 Å². The molecule has 17 heavy (non-hydrogen) atoms. The Hall–Kier alpha value is -0.810. The lowest BCUT2D eigenvalue weighted by atomic mass is 10.2. The molecule has 0 radical (unpaired) electrons. The number of rotatable bonds is 2. The van der Waals surface area contributed by atoms with Crippen molar-refractivity contribution in [2.45, 2.75) is 39.3 Å². The van der Waals surface area contributed by atoms with Crippen LogP contribution in [0.2, 0.25) is 0 Å². The SMILES string of the molecule is CC1CN(CCN)CCN1C(=O)OC(C)(C)C. The molecule has 1 unspecified atom stereocenters. The second-order valence-corrected chi connectivity index (χ2v) is 5.61. The Labute approximate surface area is 104 Å². The molecule has 1 saturated heterocycles. The second kappa shape index (κ2) is 5.69.